The monoisotopic (exact) mass is 375 g/mol. The molecule has 25 heavy (non-hydrogen) atoms. The maximum Gasteiger partial charge on any atom is 0.243 e. The van der Waals surface area contributed by atoms with Gasteiger partial charge in [-0.2, -0.15) is 4.31 Å². The van der Waals surface area contributed by atoms with Gasteiger partial charge in [-0.25, -0.2) is 17.2 Å². The smallest absolute Gasteiger partial charge is 0.243 e. The fraction of sp³-hybridized carbons (Fsp3) is 0.562. The Bertz CT molecular complexity index is 697. The molecule has 1 aromatic rings. The highest BCUT2D eigenvalue weighted by Gasteiger charge is 2.29. The predicted molar refractivity (Wildman–Crippen MR) is 89.4 cm³/mol. The predicted octanol–water partition coefficient (Wildman–Crippen LogP) is 1.04. The second-order valence-electron chi connectivity index (χ2n) is 6.48. The summed E-state index contributed by atoms with van der Waals surface area (Å²) in [5, 5.41) is 2.81. The quantitative estimate of drug-likeness (QED) is 0.807. The van der Waals surface area contributed by atoms with Gasteiger partial charge in [-0.05, 0) is 18.1 Å². The minimum atomic E-state index is -3.95. The molecule has 1 aliphatic rings. The number of nitrogens with zero attached hydrogens (tertiary/aromatic N) is 2. The fourth-order valence-electron chi connectivity index (χ4n) is 2.53. The summed E-state index contributed by atoms with van der Waals surface area (Å²) in [5.41, 5.74) is 0. The molecule has 140 valence electrons. The van der Waals surface area contributed by atoms with E-state index in [9.17, 15) is 22.0 Å². The van der Waals surface area contributed by atoms with Crippen LogP contribution in [0, 0.1) is 17.6 Å². The topological polar surface area (TPSA) is 69.7 Å². The van der Waals surface area contributed by atoms with Crippen LogP contribution in [0.5, 0.6) is 0 Å². The molecule has 1 N–H and O–H groups in total. The van der Waals surface area contributed by atoms with E-state index in [1.54, 1.807) is 0 Å². The Hall–Kier alpha value is -1.58. The standard InChI is InChI=1S/C16H23F2N3O3S/c1-12(2)10-19-16(22)11-20-3-5-21(6-4-20)25(23,24)15-8-13(17)7-14(18)9-15/h7-9,12H,3-6,10-11H2,1-2H3,(H,19,22). The van der Waals surface area contributed by atoms with Crippen molar-refractivity contribution in [2.75, 3.05) is 39.3 Å². The maximum absolute atomic E-state index is 13.3. The van der Waals surface area contributed by atoms with E-state index in [0.717, 1.165) is 12.1 Å². The number of hydrogen-bond donors (Lipinski definition) is 1. The van der Waals surface area contributed by atoms with E-state index in [1.807, 2.05) is 18.7 Å². The van der Waals surface area contributed by atoms with Crippen LogP contribution >= 0.6 is 0 Å². The third-order valence-electron chi connectivity index (χ3n) is 3.88. The van der Waals surface area contributed by atoms with Gasteiger partial charge in [0, 0.05) is 38.8 Å². The molecule has 1 aliphatic heterocycles. The van der Waals surface area contributed by atoms with Crippen LogP contribution in [0.4, 0.5) is 8.78 Å². The SMILES string of the molecule is CC(C)CNC(=O)CN1CCN(S(=O)(=O)c2cc(F)cc(F)c2)CC1. The third-order valence-corrected chi connectivity index (χ3v) is 5.76. The summed E-state index contributed by atoms with van der Waals surface area (Å²) in [6, 6.07) is 2.25. The first-order valence-corrected chi connectivity index (χ1v) is 9.58. The fourth-order valence-corrected chi connectivity index (χ4v) is 4.00. The molecule has 9 heteroatoms. The minimum Gasteiger partial charge on any atom is -0.355 e. The maximum atomic E-state index is 13.3. The summed E-state index contributed by atoms with van der Waals surface area (Å²) in [6.07, 6.45) is 0. The molecule has 0 aromatic heterocycles. The molecular formula is C16H23F2N3O3S. The molecule has 0 aliphatic carbocycles. The van der Waals surface area contributed by atoms with E-state index in [1.165, 1.54) is 4.31 Å². The molecule has 1 fully saturated rings. The number of sulfonamides is 1. The van der Waals surface area contributed by atoms with E-state index < -0.39 is 26.6 Å². The van der Waals surface area contributed by atoms with E-state index in [2.05, 4.69) is 5.32 Å². The highest BCUT2D eigenvalue weighted by atomic mass is 32.2. The van der Waals surface area contributed by atoms with Crippen LogP contribution in [-0.2, 0) is 14.8 Å². The molecule has 2 rings (SSSR count). The summed E-state index contributed by atoms with van der Waals surface area (Å²) >= 11 is 0. The summed E-state index contributed by atoms with van der Waals surface area (Å²) in [4.78, 5) is 13.3. The van der Waals surface area contributed by atoms with Crippen LogP contribution in [0.1, 0.15) is 13.8 Å². The number of nitrogens with one attached hydrogen (secondary N) is 1. The van der Waals surface area contributed by atoms with Crippen molar-refractivity contribution in [3.8, 4) is 0 Å². The van der Waals surface area contributed by atoms with Crippen LogP contribution < -0.4 is 5.32 Å². The largest absolute Gasteiger partial charge is 0.355 e. The molecule has 1 aromatic carbocycles. The van der Waals surface area contributed by atoms with Crippen molar-refractivity contribution in [1.29, 1.82) is 0 Å². The Balaban J connectivity index is 1.93. The first-order valence-electron chi connectivity index (χ1n) is 8.14. The number of carbonyl (C=O) groups excluding carboxylic acids is 1. The Kier molecular flexibility index (Phi) is 6.47. The molecule has 1 amide bonds. The lowest BCUT2D eigenvalue weighted by atomic mass is 10.2. The molecule has 0 spiro atoms. The zero-order valence-electron chi connectivity index (χ0n) is 14.3. The molecule has 6 nitrogen and oxygen atoms in total. The van der Waals surface area contributed by atoms with E-state index in [-0.39, 0.29) is 25.5 Å². The van der Waals surface area contributed by atoms with Crippen molar-refractivity contribution in [1.82, 2.24) is 14.5 Å². The van der Waals surface area contributed by atoms with Gasteiger partial charge >= 0.3 is 0 Å². The van der Waals surface area contributed by atoms with Crippen LogP contribution in [0.15, 0.2) is 23.1 Å². The van der Waals surface area contributed by atoms with Crippen molar-refractivity contribution in [2.45, 2.75) is 18.7 Å². The van der Waals surface area contributed by atoms with E-state index in [0.29, 0.717) is 31.6 Å². The van der Waals surface area contributed by atoms with Crippen molar-refractivity contribution in [3.05, 3.63) is 29.8 Å². The average molecular weight is 375 g/mol. The van der Waals surface area contributed by atoms with E-state index in [4.69, 9.17) is 0 Å². The first-order chi connectivity index (χ1) is 11.7. The summed E-state index contributed by atoms with van der Waals surface area (Å²) in [7, 11) is -3.95. The lowest BCUT2D eigenvalue weighted by Gasteiger charge is -2.33. The summed E-state index contributed by atoms with van der Waals surface area (Å²) < 4.78 is 52.7. The average Bonchev–Trinajstić information content (AvgIpc) is 2.52. The lowest BCUT2D eigenvalue weighted by molar-refractivity contribution is -0.122. The Morgan fingerprint density at radius 1 is 1.12 bits per heavy atom. The van der Waals surface area contributed by atoms with Crippen molar-refractivity contribution in [3.63, 3.8) is 0 Å². The third kappa shape index (κ3) is 5.45. The van der Waals surface area contributed by atoms with Gasteiger partial charge in [0.2, 0.25) is 15.9 Å². The van der Waals surface area contributed by atoms with Gasteiger partial charge in [0.1, 0.15) is 11.6 Å². The second-order valence-corrected chi connectivity index (χ2v) is 8.42. The Morgan fingerprint density at radius 3 is 2.20 bits per heavy atom. The van der Waals surface area contributed by atoms with Crippen LogP contribution in [0.3, 0.4) is 0 Å². The van der Waals surface area contributed by atoms with Gasteiger partial charge < -0.3 is 5.32 Å². The number of benzene rings is 1. The molecule has 0 saturated carbocycles. The Labute approximate surface area is 146 Å². The second kappa shape index (κ2) is 8.20. The van der Waals surface area contributed by atoms with Gasteiger partial charge in [0.15, 0.2) is 0 Å². The van der Waals surface area contributed by atoms with E-state index >= 15 is 0 Å². The number of rotatable bonds is 6. The van der Waals surface area contributed by atoms with Crippen molar-refractivity contribution >= 4 is 15.9 Å². The van der Waals surface area contributed by atoms with Crippen LogP contribution in [-0.4, -0.2) is 62.8 Å². The number of amides is 1. The summed E-state index contributed by atoms with van der Waals surface area (Å²) in [6.45, 7) is 5.89. The van der Waals surface area contributed by atoms with Gasteiger partial charge in [-0.15, -0.1) is 0 Å². The van der Waals surface area contributed by atoms with Gasteiger partial charge in [-0.3, -0.25) is 9.69 Å². The molecule has 0 radical (unpaired) electrons. The summed E-state index contributed by atoms with van der Waals surface area (Å²) in [5.74, 6) is -1.60. The molecule has 1 heterocycles. The lowest BCUT2D eigenvalue weighted by Crippen LogP contribution is -2.51. The highest BCUT2D eigenvalue weighted by molar-refractivity contribution is 7.89. The number of piperazine rings is 1. The van der Waals surface area contributed by atoms with Gasteiger partial charge in [0.05, 0.1) is 11.4 Å². The first kappa shape index (κ1) is 19.7. The molecule has 0 unspecified atom stereocenters. The van der Waals surface area contributed by atoms with Crippen LogP contribution in [0.25, 0.3) is 0 Å². The zero-order valence-corrected chi connectivity index (χ0v) is 15.2. The van der Waals surface area contributed by atoms with Crippen molar-refractivity contribution in [2.24, 2.45) is 5.92 Å². The van der Waals surface area contributed by atoms with Gasteiger partial charge in [-0.1, -0.05) is 13.8 Å². The molecular weight excluding hydrogens is 352 g/mol. The molecule has 0 atom stereocenters. The molecule has 0 bridgehead atoms. The number of halogens is 2. The van der Waals surface area contributed by atoms with Crippen molar-refractivity contribution < 1.29 is 22.0 Å². The van der Waals surface area contributed by atoms with Gasteiger partial charge in [0.25, 0.3) is 0 Å². The number of carbonyl (C=O) groups is 1. The number of hydrogen-bond acceptors (Lipinski definition) is 4. The minimum absolute atomic E-state index is 0.0998. The molecule has 1 saturated heterocycles. The highest BCUT2D eigenvalue weighted by Crippen LogP contribution is 2.19. The Morgan fingerprint density at radius 2 is 1.68 bits per heavy atom. The van der Waals surface area contributed by atoms with Crippen LogP contribution in [0.2, 0.25) is 0 Å². The zero-order chi connectivity index (χ0) is 18.6. The normalized spacial score (nSPS) is 17.0.